The van der Waals surface area contributed by atoms with Gasteiger partial charge < -0.3 is 9.73 Å². The molecule has 0 amide bonds. The van der Waals surface area contributed by atoms with E-state index in [9.17, 15) is 10.1 Å². The van der Waals surface area contributed by atoms with Gasteiger partial charge in [0.15, 0.2) is 0 Å². The Kier molecular flexibility index (Phi) is 5.39. The zero-order valence-corrected chi connectivity index (χ0v) is 11.9. The van der Waals surface area contributed by atoms with Gasteiger partial charge in [-0.25, -0.2) is 0 Å². The van der Waals surface area contributed by atoms with E-state index in [1.54, 1.807) is 12.1 Å². The minimum Gasteiger partial charge on any atom is -0.421 e. The molecule has 0 aliphatic rings. The number of aromatic nitrogens is 2. The second-order valence-corrected chi connectivity index (χ2v) is 4.66. The number of non-ortho nitro benzene ring substituents is 1. The van der Waals surface area contributed by atoms with E-state index in [2.05, 4.69) is 22.4 Å². The van der Waals surface area contributed by atoms with Crippen molar-refractivity contribution in [2.45, 2.75) is 26.2 Å². The highest BCUT2D eigenvalue weighted by Crippen LogP contribution is 2.21. The maximum absolute atomic E-state index is 10.6. The van der Waals surface area contributed by atoms with Crippen LogP contribution in [0.5, 0.6) is 0 Å². The molecular formula is C14H18N4O3. The fourth-order valence-electron chi connectivity index (χ4n) is 1.86. The molecule has 21 heavy (non-hydrogen) atoms. The van der Waals surface area contributed by atoms with Crippen LogP contribution in [0.1, 0.15) is 25.7 Å². The monoisotopic (exact) mass is 290 g/mol. The quantitative estimate of drug-likeness (QED) is 0.456. The van der Waals surface area contributed by atoms with Gasteiger partial charge in [0.2, 0.25) is 11.8 Å². The summed E-state index contributed by atoms with van der Waals surface area (Å²) in [6.07, 6.45) is 2.77. The molecule has 112 valence electrons. The number of aryl methyl sites for hydroxylation is 1. The number of nitro benzene ring substituents is 1. The highest BCUT2D eigenvalue weighted by atomic mass is 16.6. The first-order valence-electron chi connectivity index (χ1n) is 6.98. The van der Waals surface area contributed by atoms with Gasteiger partial charge in [0.05, 0.1) is 4.92 Å². The maximum Gasteiger partial charge on any atom is 0.269 e. The number of hydrogen-bond donors (Lipinski definition) is 1. The highest BCUT2D eigenvalue weighted by Gasteiger charge is 2.10. The van der Waals surface area contributed by atoms with E-state index in [1.165, 1.54) is 12.1 Å². The minimum atomic E-state index is -0.438. The lowest BCUT2D eigenvalue weighted by molar-refractivity contribution is -0.384. The molecule has 1 aromatic carbocycles. The summed E-state index contributed by atoms with van der Waals surface area (Å²) in [7, 11) is 0. The summed E-state index contributed by atoms with van der Waals surface area (Å²) in [6.45, 7) is 4.06. The number of nitro groups is 1. The lowest BCUT2D eigenvalue weighted by atomic mass is 10.2. The Morgan fingerprint density at radius 2 is 2.00 bits per heavy atom. The first-order chi connectivity index (χ1) is 10.2. The van der Waals surface area contributed by atoms with E-state index < -0.39 is 4.92 Å². The summed E-state index contributed by atoms with van der Waals surface area (Å²) in [5, 5.41) is 21.9. The maximum atomic E-state index is 10.6. The first-order valence-corrected chi connectivity index (χ1v) is 6.98. The average Bonchev–Trinajstić information content (AvgIpc) is 2.96. The molecule has 1 N–H and O–H groups in total. The molecule has 0 aliphatic heterocycles. The average molecular weight is 290 g/mol. The molecule has 0 saturated heterocycles. The third kappa shape index (κ3) is 4.35. The number of nitrogens with zero attached hydrogens (tertiary/aromatic N) is 3. The molecule has 2 rings (SSSR count). The van der Waals surface area contributed by atoms with Crippen LogP contribution >= 0.6 is 0 Å². The van der Waals surface area contributed by atoms with Gasteiger partial charge in [-0.1, -0.05) is 6.92 Å². The molecule has 7 heteroatoms. The topological polar surface area (TPSA) is 94.1 Å². The van der Waals surface area contributed by atoms with Crippen LogP contribution in [0.25, 0.3) is 11.5 Å². The number of hydrogen-bond acceptors (Lipinski definition) is 6. The lowest BCUT2D eigenvalue weighted by Crippen LogP contribution is -2.16. The number of nitrogens with one attached hydrogen (secondary N) is 1. The second kappa shape index (κ2) is 7.49. The summed E-state index contributed by atoms with van der Waals surface area (Å²) in [6, 6.07) is 6.07. The highest BCUT2D eigenvalue weighted by molar-refractivity contribution is 5.55. The van der Waals surface area contributed by atoms with Crippen molar-refractivity contribution < 1.29 is 9.34 Å². The largest absolute Gasteiger partial charge is 0.421 e. The van der Waals surface area contributed by atoms with E-state index in [4.69, 9.17) is 4.42 Å². The van der Waals surface area contributed by atoms with Crippen LogP contribution in [0.2, 0.25) is 0 Å². The Bertz CT molecular complexity index is 580. The van der Waals surface area contributed by atoms with Gasteiger partial charge in [-0.15, -0.1) is 10.2 Å². The van der Waals surface area contributed by atoms with E-state index in [1.807, 2.05) is 0 Å². The Morgan fingerprint density at radius 1 is 1.24 bits per heavy atom. The molecule has 1 heterocycles. The minimum absolute atomic E-state index is 0.0421. The van der Waals surface area contributed by atoms with E-state index in [-0.39, 0.29) is 5.69 Å². The van der Waals surface area contributed by atoms with Gasteiger partial charge in [-0.3, -0.25) is 10.1 Å². The van der Waals surface area contributed by atoms with Crippen LogP contribution in [-0.4, -0.2) is 28.2 Å². The summed E-state index contributed by atoms with van der Waals surface area (Å²) >= 11 is 0. The molecule has 0 bridgehead atoms. The van der Waals surface area contributed by atoms with Gasteiger partial charge in [0.25, 0.3) is 5.69 Å². The molecule has 0 spiro atoms. The summed E-state index contributed by atoms with van der Waals surface area (Å²) in [5.74, 6) is 0.975. The van der Waals surface area contributed by atoms with Crippen molar-refractivity contribution in [1.82, 2.24) is 15.5 Å². The van der Waals surface area contributed by atoms with Crippen LogP contribution in [-0.2, 0) is 6.42 Å². The molecule has 7 nitrogen and oxygen atoms in total. The van der Waals surface area contributed by atoms with Crippen molar-refractivity contribution in [2.24, 2.45) is 0 Å². The van der Waals surface area contributed by atoms with Gasteiger partial charge in [0, 0.05) is 24.1 Å². The van der Waals surface area contributed by atoms with Gasteiger partial charge >= 0.3 is 0 Å². The smallest absolute Gasteiger partial charge is 0.269 e. The molecule has 0 unspecified atom stereocenters. The summed E-state index contributed by atoms with van der Waals surface area (Å²) < 4.78 is 5.56. The Labute approximate surface area is 122 Å². The van der Waals surface area contributed by atoms with Crippen LogP contribution in [0.15, 0.2) is 28.7 Å². The molecule has 0 aliphatic carbocycles. The van der Waals surface area contributed by atoms with Crippen LogP contribution in [0.3, 0.4) is 0 Å². The standard InChI is InChI=1S/C14H18N4O3/c1-2-9-15-10-3-4-13-16-17-14(21-13)11-5-7-12(8-6-11)18(19)20/h5-8,15H,2-4,9-10H2,1H3. The lowest BCUT2D eigenvalue weighted by Gasteiger charge is -1.99. The van der Waals surface area contributed by atoms with E-state index in [0.29, 0.717) is 17.3 Å². The van der Waals surface area contributed by atoms with Gasteiger partial charge in [-0.05, 0) is 38.1 Å². The van der Waals surface area contributed by atoms with Crippen molar-refractivity contribution in [2.75, 3.05) is 13.1 Å². The predicted octanol–water partition coefficient (Wildman–Crippen LogP) is 2.58. The number of rotatable bonds is 8. The fourth-order valence-corrected chi connectivity index (χ4v) is 1.86. The van der Waals surface area contributed by atoms with Crippen molar-refractivity contribution in [3.05, 3.63) is 40.3 Å². The Hall–Kier alpha value is -2.28. The molecule has 0 saturated carbocycles. The Morgan fingerprint density at radius 3 is 2.67 bits per heavy atom. The zero-order chi connectivity index (χ0) is 15.1. The third-order valence-corrected chi connectivity index (χ3v) is 2.96. The molecule has 2 aromatic rings. The number of benzene rings is 1. The van der Waals surface area contributed by atoms with Crippen molar-refractivity contribution in [3.63, 3.8) is 0 Å². The van der Waals surface area contributed by atoms with Crippen LogP contribution in [0, 0.1) is 10.1 Å². The fraction of sp³-hybridized carbons (Fsp3) is 0.429. The first kappa shape index (κ1) is 15.1. The van der Waals surface area contributed by atoms with Gasteiger partial charge in [0.1, 0.15) is 0 Å². The van der Waals surface area contributed by atoms with Gasteiger partial charge in [-0.2, -0.15) is 0 Å². The molecular weight excluding hydrogens is 272 g/mol. The van der Waals surface area contributed by atoms with E-state index in [0.717, 1.165) is 32.4 Å². The van der Waals surface area contributed by atoms with Crippen molar-refractivity contribution in [3.8, 4) is 11.5 Å². The normalized spacial score (nSPS) is 10.7. The molecule has 0 radical (unpaired) electrons. The van der Waals surface area contributed by atoms with Crippen LogP contribution in [0.4, 0.5) is 5.69 Å². The zero-order valence-electron chi connectivity index (χ0n) is 11.9. The SMILES string of the molecule is CCCNCCCc1nnc(-c2ccc([N+](=O)[O-])cc2)o1. The predicted molar refractivity (Wildman–Crippen MR) is 77.9 cm³/mol. The van der Waals surface area contributed by atoms with Crippen molar-refractivity contribution in [1.29, 1.82) is 0 Å². The third-order valence-electron chi connectivity index (χ3n) is 2.96. The summed E-state index contributed by atoms with van der Waals surface area (Å²) in [4.78, 5) is 10.2. The van der Waals surface area contributed by atoms with Crippen molar-refractivity contribution >= 4 is 5.69 Å². The Balaban J connectivity index is 1.91. The van der Waals surface area contributed by atoms with E-state index >= 15 is 0 Å². The van der Waals surface area contributed by atoms with Crippen LogP contribution < -0.4 is 5.32 Å². The molecule has 0 fully saturated rings. The second-order valence-electron chi connectivity index (χ2n) is 4.66. The molecule has 0 atom stereocenters. The molecule has 1 aromatic heterocycles. The summed E-state index contributed by atoms with van der Waals surface area (Å²) in [5.41, 5.74) is 0.726.